The zero-order valence-electron chi connectivity index (χ0n) is 24.3. The van der Waals surface area contributed by atoms with Crippen LogP contribution in [0, 0.1) is 0 Å². The van der Waals surface area contributed by atoms with Gasteiger partial charge in [-0.2, -0.15) is 0 Å². The summed E-state index contributed by atoms with van der Waals surface area (Å²) in [6, 6.07) is 12.1. The van der Waals surface area contributed by atoms with Crippen LogP contribution in [0.5, 0.6) is 5.75 Å². The Morgan fingerprint density at radius 1 is 0.977 bits per heavy atom. The van der Waals surface area contributed by atoms with Crippen molar-refractivity contribution >= 4 is 23.7 Å². The minimum absolute atomic E-state index is 0.0325. The van der Waals surface area contributed by atoms with Gasteiger partial charge < -0.3 is 31.1 Å². The third-order valence-corrected chi connectivity index (χ3v) is 7.86. The van der Waals surface area contributed by atoms with Crippen molar-refractivity contribution in [2.24, 2.45) is 5.73 Å². The molecule has 5 N–H and O–H groups in total. The molecule has 13 nitrogen and oxygen atoms in total. The number of aromatic nitrogens is 3. The zero-order valence-corrected chi connectivity index (χ0v) is 24.3. The van der Waals surface area contributed by atoms with Crippen LogP contribution >= 0.6 is 0 Å². The maximum atomic E-state index is 13.6. The van der Waals surface area contributed by atoms with E-state index < -0.39 is 42.0 Å². The van der Waals surface area contributed by atoms with E-state index in [2.05, 4.69) is 20.9 Å². The fourth-order valence-corrected chi connectivity index (χ4v) is 5.54. The highest BCUT2D eigenvalue weighted by molar-refractivity contribution is 5.94. The Hall–Kier alpha value is -4.78. The molecule has 1 fully saturated rings. The molecule has 6 rings (SSSR count). The van der Waals surface area contributed by atoms with Crippen LogP contribution in [0.2, 0.25) is 0 Å². The number of carbonyl (C=O) groups excluding carboxylic acids is 3. The Labute approximate surface area is 254 Å². The smallest absolute Gasteiger partial charge is 0.326 e. The topological polar surface area (TPSA) is 182 Å². The number of carboxylic acid groups (broad SMARTS) is 1. The highest BCUT2D eigenvalue weighted by Crippen LogP contribution is 2.20. The first-order valence-corrected chi connectivity index (χ1v) is 14.8. The summed E-state index contributed by atoms with van der Waals surface area (Å²) in [4.78, 5) is 54.2. The van der Waals surface area contributed by atoms with Crippen LogP contribution in [-0.2, 0) is 45.0 Å². The number of rotatable bonds is 3. The third-order valence-electron chi connectivity index (χ3n) is 7.86. The predicted octanol–water partition coefficient (Wildman–Crippen LogP) is 0.461. The molecule has 44 heavy (non-hydrogen) atoms. The lowest BCUT2D eigenvalue weighted by atomic mass is 10.0. The number of carboxylic acids is 1. The molecule has 3 amide bonds. The molecular formula is C31H37N7O6. The predicted molar refractivity (Wildman–Crippen MR) is 158 cm³/mol. The number of carbonyl (C=O) groups is 4. The molecule has 0 saturated carbocycles. The van der Waals surface area contributed by atoms with Gasteiger partial charge in [0.25, 0.3) is 0 Å². The first-order valence-electron chi connectivity index (χ1n) is 14.8. The van der Waals surface area contributed by atoms with E-state index in [4.69, 9.17) is 10.5 Å². The molecule has 0 aliphatic carbocycles. The minimum Gasteiger partial charge on any atom is -0.494 e. The van der Waals surface area contributed by atoms with Gasteiger partial charge in [-0.1, -0.05) is 47.7 Å². The molecule has 3 aromatic rings. The van der Waals surface area contributed by atoms with Crippen LogP contribution in [-0.4, -0.2) is 86.0 Å². The molecule has 3 aliphatic rings. The summed E-state index contributed by atoms with van der Waals surface area (Å²) in [7, 11) is 0. The van der Waals surface area contributed by atoms with Crippen molar-refractivity contribution in [1.82, 2.24) is 30.5 Å². The Bertz CT molecular complexity index is 1460. The van der Waals surface area contributed by atoms with Crippen molar-refractivity contribution in [3.8, 4) is 5.75 Å². The summed E-state index contributed by atoms with van der Waals surface area (Å²) < 4.78 is 7.49. The number of aliphatic carboxylic acids is 1. The Balaban J connectivity index is 1.41. The molecule has 0 spiro atoms. The van der Waals surface area contributed by atoms with Crippen molar-refractivity contribution in [3.05, 3.63) is 77.6 Å². The summed E-state index contributed by atoms with van der Waals surface area (Å²) in [6.07, 6.45) is 3.73. The van der Waals surface area contributed by atoms with Crippen LogP contribution in [0.4, 0.5) is 0 Å². The number of hydrogen-bond donors (Lipinski definition) is 4. The second-order valence-corrected chi connectivity index (χ2v) is 11.2. The number of nitrogens with two attached hydrogens (primary N) is 1. The maximum Gasteiger partial charge on any atom is 0.326 e. The average Bonchev–Trinajstić information content (AvgIpc) is 3.69. The van der Waals surface area contributed by atoms with E-state index in [1.807, 2.05) is 30.3 Å². The van der Waals surface area contributed by atoms with Gasteiger partial charge in [0, 0.05) is 45.0 Å². The summed E-state index contributed by atoms with van der Waals surface area (Å²) >= 11 is 0. The summed E-state index contributed by atoms with van der Waals surface area (Å²) in [5, 5.41) is 23.6. The van der Waals surface area contributed by atoms with Gasteiger partial charge in [-0.05, 0) is 36.1 Å². The van der Waals surface area contributed by atoms with E-state index in [1.165, 1.54) is 4.90 Å². The van der Waals surface area contributed by atoms with Gasteiger partial charge in [0.2, 0.25) is 17.7 Å². The number of ether oxygens (including phenoxy) is 1. The number of benzene rings is 2. The zero-order chi connectivity index (χ0) is 31.1. The van der Waals surface area contributed by atoms with Gasteiger partial charge in [0.1, 0.15) is 23.9 Å². The average molecular weight is 604 g/mol. The van der Waals surface area contributed by atoms with Crippen molar-refractivity contribution in [3.63, 3.8) is 0 Å². The van der Waals surface area contributed by atoms with E-state index in [9.17, 15) is 24.3 Å². The first-order chi connectivity index (χ1) is 21.3. The lowest BCUT2D eigenvalue weighted by Gasteiger charge is -2.28. The summed E-state index contributed by atoms with van der Waals surface area (Å²) in [6.45, 7) is 1.32. The minimum atomic E-state index is -1.24. The lowest BCUT2D eigenvalue weighted by molar-refractivity contribution is -0.143. The first kappa shape index (κ1) is 30.7. The van der Waals surface area contributed by atoms with E-state index in [-0.39, 0.29) is 25.2 Å². The van der Waals surface area contributed by atoms with E-state index in [0.29, 0.717) is 56.0 Å². The lowest BCUT2D eigenvalue weighted by Crippen LogP contribution is -2.57. The van der Waals surface area contributed by atoms with Gasteiger partial charge in [-0.25, -0.2) is 4.79 Å². The SMILES string of the molecule is NC1Cc2cn(nn2)CCCOc2ccc(cc2)CC(C(=O)O)NC(=O)C(Cc2ccccc2)NC(=O)C2CCCN2C1=O. The van der Waals surface area contributed by atoms with Gasteiger partial charge in [0.15, 0.2) is 0 Å². The van der Waals surface area contributed by atoms with Crippen LogP contribution in [0.25, 0.3) is 0 Å². The Morgan fingerprint density at radius 2 is 1.75 bits per heavy atom. The second kappa shape index (κ2) is 14.1. The van der Waals surface area contributed by atoms with Crippen molar-refractivity contribution in [2.45, 2.75) is 69.2 Å². The number of fused-ring (bicyclic) bond motifs is 13. The number of amides is 3. The molecule has 13 heteroatoms. The fourth-order valence-electron chi connectivity index (χ4n) is 5.54. The van der Waals surface area contributed by atoms with Gasteiger partial charge in [-0.15, -0.1) is 5.10 Å². The molecule has 4 atom stereocenters. The number of aryl methyl sites for hydroxylation is 1. The van der Waals surface area contributed by atoms with Gasteiger partial charge in [-0.3, -0.25) is 19.1 Å². The molecular weight excluding hydrogens is 566 g/mol. The monoisotopic (exact) mass is 603 g/mol. The highest BCUT2D eigenvalue weighted by atomic mass is 16.5. The largest absolute Gasteiger partial charge is 0.494 e. The van der Waals surface area contributed by atoms with Crippen molar-refractivity contribution in [2.75, 3.05) is 13.2 Å². The number of nitrogens with zero attached hydrogens (tertiary/aromatic N) is 4. The molecule has 2 aromatic carbocycles. The molecule has 232 valence electrons. The van der Waals surface area contributed by atoms with Crippen LogP contribution in [0.3, 0.4) is 0 Å². The van der Waals surface area contributed by atoms with Crippen LogP contribution in [0.1, 0.15) is 36.1 Å². The quantitative estimate of drug-likeness (QED) is 0.331. The van der Waals surface area contributed by atoms with Crippen molar-refractivity contribution in [1.29, 1.82) is 0 Å². The molecule has 4 unspecified atom stereocenters. The summed E-state index contributed by atoms with van der Waals surface area (Å²) in [5.41, 5.74) is 8.33. The van der Waals surface area contributed by atoms with Crippen LogP contribution in [0.15, 0.2) is 60.8 Å². The highest BCUT2D eigenvalue weighted by Gasteiger charge is 2.38. The fraction of sp³-hybridized carbons (Fsp3) is 0.419. The van der Waals surface area contributed by atoms with E-state index in [1.54, 1.807) is 35.1 Å². The van der Waals surface area contributed by atoms with Crippen LogP contribution < -0.4 is 21.1 Å². The Kier molecular flexibility index (Phi) is 9.85. The summed E-state index contributed by atoms with van der Waals surface area (Å²) in [5.74, 6) is -2.09. The molecule has 0 radical (unpaired) electrons. The molecule has 3 aliphatic heterocycles. The van der Waals surface area contributed by atoms with E-state index in [0.717, 1.165) is 5.56 Å². The Morgan fingerprint density at radius 3 is 2.50 bits per heavy atom. The van der Waals surface area contributed by atoms with E-state index >= 15 is 0 Å². The molecule has 1 saturated heterocycles. The second-order valence-electron chi connectivity index (χ2n) is 11.2. The third kappa shape index (κ3) is 7.78. The standard InChI is InChI=1S/C31H37N7O6/c32-24-18-22-19-37(36-35-22)13-5-15-44-23-11-9-21(10-12-23)17-26(31(42)43)34-28(39)25(16-20-6-2-1-3-7-20)33-29(40)27-8-4-14-38(27)30(24)41/h1-3,6-7,9-12,19,24-27H,4-5,8,13-18,32H2,(H,33,40)(H,34,39)(H,42,43). The van der Waals surface area contributed by atoms with Gasteiger partial charge >= 0.3 is 5.97 Å². The van der Waals surface area contributed by atoms with Gasteiger partial charge in [0.05, 0.1) is 18.3 Å². The molecule has 1 aromatic heterocycles. The molecule has 4 bridgehead atoms. The molecule has 4 heterocycles. The normalized spacial score (nSPS) is 23.8. The maximum absolute atomic E-state index is 13.6. The van der Waals surface area contributed by atoms with Crippen molar-refractivity contribution < 1.29 is 29.0 Å². The number of hydrogen-bond acceptors (Lipinski definition) is 8. The number of nitrogens with one attached hydrogen (secondary N) is 2.